The second kappa shape index (κ2) is 11.8. The monoisotopic (exact) mass is 562 g/mol. The van der Waals surface area contributed by atoms with Crippen LogP contribution in [0.2, 0.25) is 0 Å². The van der Waals surface area contributed by atoms with Gasteiger partial charge in [0.2, 0.25) is 0 Å². The lowest BCUT2D eigenvalue weighted by molar-refractivity contribution is 0.207. The predicted octanol–water partition coefficient (Wildman–Crippen LogP) is 4.98. The van der Waals surface area contributed by atoms with Gasteiger partial charge in [0.1, 0.15) is 23.1 Å². The van der Waals surface area contributed by atoms with E-state index < -0.39 is 5.91 Å². The Labute approximate surface area is 236 Å². The molecule has 2 saturated carbocycles. The molecule has 9 nitrogen and oxygen atoms in total. The van der Waals surface area contributed by atoms with Crippen molar-refractivity contribution >= 4 is 53.6 Å². The third-order valence-corrected chi connectivity index (χ3v) is 8.08. The van der Waals surface area contributed by atoms with Gasteiger partial charge in [-0.3, -0.25) is 15.5 Å². The van der Waals surface area contributed by atoms with Gasteiger partial charge in [0.15, 0.2) is 0 Å². The molecule has 5 N–H and O–H groups in total. The highest BCUT2D eigenvalue weighted by Crippen LogP contribution is 2.42. The normalized spacial score (nSPS) is 25.2. The second-order valence-electron chi connectivity index (χ2n) is 10.5. The van der Waals surface area contributed by atoms with E-state index >= 15 is 0 Å². The van der Waals surface area contributed by atoms with Crippen LogP contribution in [0.5, 0.6) is 5.75 Å². The molecule has 0 radical (unpaired) electrons. The van der Waals surface area contributed by atoms with E-state index in [2.05, 4.69) is 50.2 Å². The van der Waals surface area contributed by atoms with Gasteiger partial charge in [0.05, 0.1) is 19.7 Å². The lowest BCUT2D eigenvalue weighted by Crippen LogP contribution is -2.69. The highest BCUT2D eigenvalue weighted by molar-refractivity contribution is 5.92. The predicted molar refractivity (Wildman–Crippen MR) is 159 cm³/mol. The van der Waals surface area contributed by atoms with Crippen molar-refractivity contribution in [3.63, 3.8) is 0 Å². The Bertz CT molecular complexity index is 1250. The first-order valence-corrected chi connectivity index (χ1v) is 13.5. The van der Waals surface area contributed by atoms with Gasteiger partial charge in [-0.15, -0.1) is 24.8 Å². The Kier molecular flexibility index (Phi) is 8.94. The van der Waals surface area contributed by atoms with Crippen LogP contribution in [-0.2, 0) is 0 Å². The van der Waals surface area contributed by atoms with Crippen LogP contribution < -0.4 is 26.0 Å². The van der Waals surface area contributed by atoms with Crippen molar-refractivity contribution in [2.45, 2.75) is 82.3 Å². The standard InChI is InChI=1S/C27H38N8O.2ClH/c1-3-30-27(33-20-10-8-19(28)9-11-20)31-16-24-26(34(17-29-24)21-6-4-5-7-21)35(27)25-15-18-14-22(36-2)12-13-23(18)32-25;;/h12-17,19-21,30,32-33H,3-11,28H2,1-2H3;2*1H. The van der Waals surface area contributed by atoms with Crippen molar-refractivity contribution in [1.82, 2.24) is 25.2 Å². The zero-order valence-corrected chi connectivity index (χ0v) is 23.8. The average Bonchev–Trinajstić information content (AvgIpc) is 3.64. The number of nitrogens with two attached hydrogens (primary N) is 1. The van der Waals surface area contributed by atoms with Gasteiger partial charge in [-0.1, -0.05) is 19.8 Å². The van der Waals surface area contributed by atoms with Crippen LogP contribution >= 0.6 is 24.8 Å². The molecule has 3 aromatic rings. The number of fused-ring (bicyclic) bond motifs is 2. The van der Waals surface area contributed by atoms with Gasteiger partial charge in [-0.25, -0.2) is 9.98 Å². The summed E-state index contributed by atoms with van der Waals surface area (Å²) in [5.41, 5.74) is 8.20. The number of H-pyrrole nitrogens is 1. The summed E-state index contributed by atoms with van der Waals surface area (Å²) in [6.45, 7) is 2.89. The number of nitrogens with one attached hydrogen (secondary N) is 3. The van der Waals surface area contributed by atoms with Crippen LogP contribution in [0.3, 0.4) is 0 Å². The second-order valence-corrected chi connectivity index (χ2v) is 10.5. The Morgan fingerprint density at radius 3 is 2.58 bits per heavy atom. The summed E-state index contributed by atoms with van der Waals surface area (Å²) in [6.07, 6.45) is 13.0. The van der Waals surface area contributed by atoms with Crippen molar-refractivity contribution in [2.75, 3.05) is 18.6 Å². The number of anilines is 2. The molecule has 6 rings (SSSR count). The molecule has 11 heteroatoms. The SMILES string of the molecule is CCNC1(NC2CCC(N)CC2)N=Cc2ncn(C3CCCC3)c2N1c1cc2cc(OC)ccc2[nH]1.Cl.Cl. The summed E-state index contributed by atoms with van der Waals surface area (Å²) in [5, 5.41) is 8.75. The van der Waals surface area contributed by atoms with Gasteiger partial charge in [-0.2, -0.15) is 0 Å². The fourth-order valence-corrected chi connectivity index (χ4v) is 6.21. The number of rotatable bonds is 7. The molecule has 0 amide bonds. The first-order valence-electron chi connectivity index (χ1n) is 13.5. The smallest absolute Gasteiger partial charge is 0.253 e. The summed E-state index contributed by atoms with van der Waals surface area (Å²) >= 11 is 0. The molecule has 1 atom stereocenters. The fourth-order valence-electron chi connectivity index (χ4n) is 6.21. The number of hydrogen-bond donors (Lipinski definition) is 4. The summed E-state index contributed by atoms with van der Waals surface area (Å²) in [4.78, 5) is 15.9. The molecule has 0 saturated heterocycles. The van der Waals surface area contributed by atoms with Crippen LogP contribution in [0.15, 0.2) is 35.6 Å². The third kappa shape index (κ3) is 5.14. The molecule has 0 bridgehead atoms. The first kappa shape index (κ1) is 28.7. The minimum atomic E-state index is -0.838. The summed E-state index contributed by atoms with van der Waals surface area (Å²) < 4.78 is 7.88. The van der Waals surface area contributed by atoms with E-state index in [-0.39, 0.29) is 24.8 Å². The number of aromatic nitrogens is 3. The average molecular weight is 564 g/mol. The number of nitrogens with zero attached hydrogens (tertiary/aromatic N) is 4. The topological polar surface area (TPSA) is 109 Å². The number of aromatic amines is 1. The third-order valence-electron chi connectivity index (χ3n) is 8.08. The number of halogens is 2. The zero-order chi connectivity index (χ0) is 24.7. The largest absolute Gasteiger partial charge is 0.497 e. The summed E-state index contributed by atoms with van der Waals surface area (Å²) in [5.74, 6) is 2.05. The number of ether oxygens (including phenoxy) is 1. The van der Waals surface area contributed by atoms with E-state index in [9.17, 15) is 0 Å². The Morgan fingerprint density at radius 2 is 1.87 bits per heavy atom. The molecule has 1 unspecified atom stereocenters. The maximum Gasteiger partial charge on any atom is 0.253 e. The molecular formula is C27H40Cl2N8O. The molecule has 1 aliphatic heterocycles. The molecule has 0 spiro atoms. The van der Waals surface area contributed by atoms with E-state index in [0.29, 0.717) is 18.1 Å². The summed E-state index contributed by atoms with van der Waals surface area (Å²) in [6, 6.07) is 9.39. The van der Waals surface area contributed by atoms with Crippen LogP contribution in [0.4, 0.5) is 11.6 Å². The van der Waals surface area contributed by atoms with Crippen LogP contribution in [-0.4, -0.2) is 52.4 Å². The number of benzene rings is 1. The van der Waals surface area contributed by atoms with E-state index in [4.69, 9.17) is 20.4 Å². The molecule has 1 aromatic carbocycles. The van der Waals surface area contributed by atoms with Crippen LogP contribution in [0.25, 0.3) is 10.9 Å². The molecule has 38 heavy (non-hydrogen) atoms. The quantitative estimate of drug-likeness (QED) is 0.302. The number of hydrogen-bond acceptors (Lipinski definition) is 7. The summed E-state index contributed by atoms with van der Waals surface area (Å²) in [7, 11) is 1.71. The van der Waals surface area contributed by atoms with Crippen LogP contribution in [0.1, 0.15) is 70.0 Å². The Balaban J connectivity index is 0.00000168. The first-order chi connectivity index (χ1) is 17.6. The van der Waals surface area contributed by atoms with Crippen molar-refractivity contribution < 1.29 is 4.74 Å². The highest BCUT2D eigenvalue weighted by Gasteiger charge is 2.45. The molecular weight excluding hydrogens is 523 g/mol. The maximum atomic E-state index is 6.24. The van der Waals surface area contributed by atoms with E-state index in [0.717, 1.165) is 66.2 Å². The van der Waals surface area contributed by atoms with Gasteiger partial charge >= 0.3 is 0 Å². The molecule has 3 aliphatic rings. The van der Waals surface area contributed by atoms with Crippen molar-refractivity contribution in [2.24, 2.45) is 10.7 Å². The van der Waals surface area contributed by atoms with E-state index in [1.54, 1.807) is 7.11 Å². The van der Waals surface area contributed by atoms with Gasteiger partial charge in [0, 0.05) is 29.0 Å². The minimum Gasteiger partial charge on any atom is -0.497 e. The Morgan fingerprint density at radius 1 is 1.11 bits per heavy atom. The van der Waals surface area contributed by atoms with Gasteiger partial charge in [-0.05, 0) is 69.3 Å². The number of methoxy groups -OCH3 is 1. The van der Waals surface area contributed by atoms with Crippen LogP contribution in [0, 0.1) is 0 Å². The highest BCUT2D eigenvalue weighted by atomic mass is 35.5. The molecule has 208 valence electrons. The number of imidazole rings is 1. The fraction of sp³-hybridized carbons (Fsp3) is 0.556. The molecule has 3 heterocycles. The van der Waals surface area contributed by atoms with Crippen molar-refractivity contribution in [3.8, 4) is 5.75 Å². The lowest BCUT2D eigenvalue weighted by Gasteiger charge is -2.47. The van der Waals surface area contributed by atoms with E-state index in [1.165, 1.54) is 25.7 Å². The maximum absolute atomic E-state index is 6.24. The molecule has 2 aromatic heterocycles. The van der Waals surface area contributed by atoms with Gasteiger partial charge in [0.25, 0.3) is 5.91 Å². The molecule has 2 aliphatic carbocycles. The molecule has 2 fully saturated rings. The van der Waals surface area contributed by atoms with Crippen molar-refractivity contribution in [1.29, 1.82) is 0 Å². The Hall–Kier alpha value is -2.30. The number of aliphatic imine (C=N–C) groups is 1. The zero-order valence-electron chi connectivity index (χ0n) is 22.2. The van der Waals surface area contributed by atoms with Gasteiger partial charge < -0.3 is 20.0 Å². The van der Waals surface area contributed by atoms with E-state index in [1.807, 2.05) is 18.6 Å². The minimum absolute atomic E-state index is 0. The van der Waals surface area contributed by atoms with Crippen molar-refractivity contribution in [3.05, 3.63) is 36.3 Å². The lowest BCUT2D eigenvalue weighted by atomic mass is 9.91.